The number of rotatable bonds is 5. The summed E-state index contributed by atoms with van der Waals surface area (Å²) < 4.78 is 5.23. The molecule has 0 aliphatic rings. The number of nitrogens with zero attached hydrogens (tertiary/aromatic N) is 1. The number of aryl methyl sites for hydroxylation is 3. The summed E-state index contributed by atoms with van der Waals surface area (Å²) in [6.45, 7) is 4.23. The third-order valence-electron chi connectivity index (χ3n) is 3.03. The molecule has 1 heterocycles. The highest BCUT2D eigenvalue weighted by molar-refractivity contribution is 7.11. The molecule has 0 unspecified atom stereocenters. The van der Waals surface area contributed by atoms with Gasteiger partial charge in [-0.05, 0) is 38.0 Å². The Kier molecular flexibility index (Phi) is 4.74. The van der Waals surface area contributed by atoms with Crippen molar-refractivity contribution in [2.24, 2.45) is 0 Å². The summed E-state index contributed by atoms with van der Waals surface area (Å²) in [6, 6.07) is 7.52. The van der Waals surface area contributed by atoms with Crippen molar-refractivity contribution >= 4 is 23.0 Å². The topological polar surface area (TPSA) is 65.2 Å². The van der Waals surface area contributed by atoms with E-state index in [9.17, 15) is 4.79 Å². The van der Waals surface area contributed by atoms with Gasteiger partial charge in [0.05, 0.1) is 5.69 Å². The second kappa shape index (κ2) is 6.52. The summed E-state index contributed by atoms with van der Waals surface area (Å²) in [7, 11) is 0. The summed E-state index contributed by atoms with van der Waals surface area (Å²) in [6.07, 6.45) is 1.03. The SMILES string of the molecule is Cc1nc(COC(=O)CCc2ccc(N)cc2)sc1C. The Morgan fingerprint density at radius 1 is 1.30 bits per heavy atom. The number of nitrogens with two attached hydrogens (primary N) is 1. The van der Waals surface area contributed by atoms with Gasteiger partial charge in [0.2, 0.25) is 0 Å². The van der Waals surface area contributed by atoms with Crippen LogP contribution in [0, 0.1) is 13.8 Å². The van der Waals surface area contributed by atoms with Crippen LogP contribution in [-0.2, 0) is 22.6 Å². The van der Waals surface area contributed by atoms with E-state index in [4.69, 9.17) is 10.5 Å². The average molecular weight is 290 g/mol. The van der Waals surface area contributed by atoms with Crippen molar-refractivity contribution in [1.29, 1.82) is 0 Å². The Hall–Kier alpha value is -1.88. The minimum absolute atomic E-state index is 0.202. The summed E-state index contributed by atoms with van der Waals surface area (Å²) in [5.41, 5.74) is 8.42. The molecule has 0 amide bonds. The van der Waals surface area contributed by atoms with Crippen molar-refractivity contribution in [1.82, 2.24) is 4.98 Å². The zero-order valence-corrected chi connectivity index (χ0v) is 12.5. The lowest BCUT2D eigenvalue weighted by Crippen LogP contribution is -2.05. The molecule has 1 aromatic carbocycles. The normalized spacial score (nSPS) is 10.5. The minimum atomic E-state index is -0.202. The van der Waals surface area contributed by atoms with Gasteiger partial charge in [-0.3, -0.25) is 4.79 Å². The molecule has 0 saturated heterocycles. The summed E-state index contributed by atoms with van der Waals surface area (Å²) in [4.78, 5) is 17.2. The molecule has 0 radical (unpaired) electrons. The third-order valence-corrected chi connectivity index (χ3v) is 4.07. The molecule has 5 heteroatoms. The summed E-state index contributed by atoms with van der Waals surface area (Å²) in [5, 5.41) is 0.848. The quantitative estimate of drug-likeness (QED) is 0.679. The van der Waals surface area contributed by atoms with Gasteiger partial charge < -0.3 is 10.5 Å². The van der Waals surface area contributed by atoms with Crippen LogP contribution in [0.15, 0.2) is 24.3 Å². The lowest BCUT2D eigenvalue weighted by atomic mass is 10.1. The van der Waals surface area contributed by atoms with Crippen molar-refractivity contribution < 1.29 is 9.53 Å². The zero-order chi connectivity index (χ0) is 14.5. The van der Waals surface area contributed by atoms with Gasteiger partial charge in [-0.25, -0.2) is 4.98 Å². The molecule has 0 aliphatic carbocycles. The van der Waals surface area contributed by atoms with Crippen LogP contribution < -0.4 is 5.73 Å². The van der Waals surface area contributed by atoms with Crippen molar-refractivity contribution in [2.45, 2.75) is 33.3 Å². The number of carbonyl (C=O) groups excluding carboxylic acids is 1. The first-order valence-corrected chi connectivity index (χ1v) is 7.29. The number of carbonyl (C=O) groups is 1. The number of hydrogen-bond donors (Lipinski definition) is 1. The number of nitrogen functional groups attached to an aromatic ring is 1. The first-order chi connectivity index (χ1) is 9.54. The van der Waals surface area contributed by atoms with Crippen LogP contribution in [0.25, 0.3) is 0 Å². The molecule has 0 fully saturated rings. The van der Waals surface area contributed by atoms with E-state index in [0.717, 1.165) is 26.8 Å². The first-order valence-electron chi connectivity index (χ1n) is 6.47. The number of ether oxygens (including phenoxy) is 1. The van der Waals surface area contributed by atoms with Gasteiger partial charge in [0.1, 0.15) is 11.6 Å². The van der Waals surface area contributed by atoms with Crippen LogP contribution >= 0.6 is 11.3 Å². The van der Waals surface area contributed by atoms with E-state index in [0.29, 0.717) is 12.8 Å². The Bertz CT molecular complexity index is 571. The Morgan fingerprint density at radius 3 is 2.60 bits per heavy atom. The van der Waals surface area contributed by atoms with Crippen LogP contribution in [0.5, 0.6) is 0 Å². The molecule has 4 nitrogen and oxygen atoms in total. The largest absolute Gasteiger partial charge is 0.458 e. The summed E-state index contributed by atoms with van der Waals surface area (Å²) in [5.74, 6) is -0.202. The maximum atomic E-state index is 11.7. The second-order valence-corrected chi connectivity index (χ2v) is 5.94. The maximum Gasteiger partial charge on any atom is 0.306 e. The summed E-state index contributed by atoms with van der Waals surface area (Å²) >= 11 is 1.57. The molecular formula is C15H18N2O2S. The molecule has 106 valence electrons. The molecule has 0 saturated carbocycles. The minimum Gasteiger partial charge on any atom is -0.458 e. The molecule has 0 bridgehead atoms. The average Bonchev–Trinajstić information content (AvgIpc) is 2.75. The van der Waals surface area contributed by atoms with Crippen LogP contribution in [0.3, 0.4) is 0 Å². The van der Waals surface area contributed by atoms with Crippen LogP contribution in [-0.4, -0.2) is 11.0 Å². The van der Waals surface area contributed by atoms with Gasteiger partial charge in [0, 0.05) is 17.0 Å². The first kappa shape index (κ1) is 14.5. The van der Waals surface area contributed by atoms with Gasteiger partial charge in [0.15, 0.2) is 0 Å². The molecule has 1 aromatic heterocycles. The second-order valence-electron chi connectivity index (χ2n) is 4.65. The third kappa shape index (κ3) is 4.06. The van der Waals surface area contributed by atoms with E-state index < -0.39 is 0 Å². The highest BCUT2D eigenvalue weighted by atomic mass is 32.1. The lowest BCUT2D eigenvalue weighted by molar-refractivity contribution is -0.144. The molecule has 2 aromatic rings. The Balaban J connectivity index is 1.76. The van der Waals surface area contributed by atoms with Crippen LogP contribution in [0.1, 0.15) is 27.6 Å². The number of esters is 1. The van der Waals surface area contributed by atoms with Gasteiger partial charge in [-0.1, -0.05) is 12.1 Å². The molecular weight excluding hydrogens is 272 g/mol. The van der Waals surface area contributed by atoms with E-state index >= 15 is 0 Å². The lowest BCUT2D eigenvalue weighted by Gasteiger charge is -2.03. The van der Waals surface area contributed by atoms with E-state index in [2.05, 4.69) is 4.98 Å². The fourth-order valence-electron chi connectivity index (χ4n) is 1.75. The van der Waals surface area contributed by atoms with Gasteiger partial charge in [0.25, 0.3) is 0 Å². The monoisotopic (exact) mass is 290 g/mol. The Labute approximate surface area is 122 Å². The predicted molar refractivity (Wildman–Crippen MR) is 80.6 cm³/mol. The molecule has 20 heavy (non-hydrogen) atoms. The molecule has 2 rings (SSSR count). The fraction of sp³-hybridized carbons (Fsp3) is 0.333. The number of aromatic nitrogens is 1. The van der Waals surface area contributed by atoms with Crippen LogP contribution in [0.2, 0.25) is 0 Å². The maximum absolute atomic E-state index is 11.7. The van der Waals surface area contributed by atoms with Crippen molar-refractivity contribution in [2.75, 3.05) is 5.73 Å². The van der Waals surface area contributed by atoms with E-state index in [1.165, 1.54) is 0 Å². The number of anilines is 1. The van der Waals surface area contributed by atoms with E-state index in [1.54, 1.807) is 11.3 Å². The van der Waals surface area contributed by atoms with E-state index in [1.807, 2.05) is 38.1 Å². The fourth-order valence-corrected chi connectivity index (χ4v) is 2.59. The van der Waals surface area contributed by atoms with Crippen molar-refractivity contribution in [3.05, 3.63) is 45.4 Å². The number of benzene rings is 1. The standard InChI is InChI=1S/C15H18N2O2S/c1-10-11(2)20-14(17-10)9-19-15(18)8-5-12-3-6-13(16)7-4-12/h3-4,6-7H,5,8-9,16H2,1-2H3. The molecule has 0 atom stereocenters. The van der Waals surface area contributed by atoms with Gasteiger partial charge in [-0.15, -0.1) is 11.3 Å². The van der Waals surface area contributed by atoms with Crippen LogP contribution in [0.4, 0.5) is 5.69 Å². The smallest absolute Gasteiger partial charge is 0.306 e. The van der Waals surface area contributed by atoms with Gasteiger partial charge >= 0.3 is 5.97 Å². The number of hydrogen-bond acceptors (Lipinski definition) is 5. The highest BCUT2D eigenvalue weighted by Gasteiger charge is 2.08. The Morgan fingerprint density at radius 2 is 2.00 bits per heavy atom. The van der Waals surface area contributed by atoms with Crippen molar-refractivity contribution in [3.63, 3.8) is 0 Å². The molecule has 0 aliphatic heterocycles. The van der Waals surface area contributed by atoms with Gasteiger partial charge in [-0.2, -0.15) is 0 Å². The molecule has 2 N–H and O–H groups in total. The number of thiazole rings is 1. The molecule has 0 spiro atoms. The van der Waals surface area contributed by atoms with E-state index in [-0.39, 0.29) is 12.6 Å². The highest BCUT2D eigenvalue weighted by Crippen LogP contribution is 2.17. The zero-order valence-electron chi connectivity index (χ0n) is 11.7. The van der Waals surface area contributed by atoms with Crippen molar-refractivity contribution in [3.8, 4) is 0 Å². The predicted octanol–water partition coefficient (Wildman–Crippen LogP) is 3.02.